The number of carbonyl (C=O) groups excluding carboxylic acids is 1. The van der Waals surface area contributed by atoms with Crippen LogP contribution in [0.1, 0.15) is 63.3 Å². The molecule has 6 heteroatoms. The summed E-state index contributed by atoms with van der Waals surface area (Å²) in [6.45, 7) is 27.0. The fourth-order valence-corrected chi connectivity index (χ4v) is 4.63. The number of nitrogens with two attached hydrogens (primary N) is 1. The summed E-state index contributed by atoms with van der Waals surface area (Å²) in [6.07, 6.45) is 2.66. The molecule has 0 aliphatic carbocycles. The quantitative estimate of drug-likeness (QED) is 0.204. The molecule has 2 aromatic rings. The first kappa shape index (κ1) is 33.0. The minimum absolute atomic E-state index is 0.410. The normalized spacial score (nSPS) is 14.8. The Hall–Kier alpha value is -3.02. The standard InChI is InChI=1S/C28H36ClN3.C2H5NO.C2H6/c1-7-9-24-15-28(30)26(21(5)19(2)3)16-27(24)22(6)32-13-12-31(20(4)17-32)18-23-10-8-11-25(29)14-23;1-3-2-4;1-2/h8,10-11,14-16,20H,2,5-7,9,12-13,17-18,30H2,1,3-4H3;2H,1H3,(H,3,4);1-2H3. The van der Waals surface area contributed by atoms with Crippen molar-refractivity contribution < 1.29 is 4.79 Å². The van der Waals surface area contributed by atoms with Gasteiger partial charge in [-0.1, -0.05) is 76.2 Å². The van der Waals surface area contributed by atoms with Gasteiger partial charge in [0, 0.05) is 66.8 Å². The third-order valence-electron chi connectivity index (χ3n) is 6.49. The van der Waals surface area contributed by atoms with E-state index in [9.17, 15) is 0 Å². The van der Waals surface area contributed by atoms with Crippen LogP contribution in [0, 0.1) is 0 Å². The van der Waals surface area contributed by atoms with E-state index in [2.05, 4.69) is 73.0 Å². The van der Waals surface area contributed by atoms with Crippen LogP contribution in [-0.4, -0.2) is 48.9 Å². The van der Waals surface area contributed by atoms with Crippen LogP contribution >= 0.6 is 11.6 Å². The number of hydrogen-bond acceptors (Lipinski definition) is 4. The number of nitrogens with one attached hydrogen (secondary N) is 1. The molecule has 1 atom stereocenters. The predicted molar refractivity (Wildman–Crippen MR) is 167 cm³/mol. The van der Waals surface area contributed by atoms with Gasteiger partial charge < -0.3 is 16.0 Å². The number of halogens is 1. The number of piperazine rings is 1. The molecule has 38 heavy (non-hydrogen) atoms. The lowest BCUT2D eigenvalue weighted by Crippen LogP contribution is -2.50. The van der Waals surface area contributed by atoms with Gasteiger partial charge in [0.15, 0.2) is 0 Å². The highest BCUT2D eigenvalue weighted by Crippen LogP contribution is 2.33. The number of aryl methyl sites for hydroxylation is 1. The molecule has 1 heterocycles. The second kappa shape index (κ2) is 16.7. The van der Waals surface area contributed by atoms with E-state index in [-0.39, 0.29) is 0 Å². The van der Waals surface area contributed by atoms with Crippen molar-refractivity contribution in [1.29, 1.82) is 0 Å². The maximum Gasteiger partial charge on any atom is 0.206 e. The molecule has 0 aromatic heterocycles. The van der Waals surface area contributed by atoms with Crippen molar-refractivity contribution >= 4 is 35.0 Å². The molecule has 1 saturated heterocycles. The molecule has 0 bridgehead atoms. The first-order valence-corrected chi connectivity index (χ1v) is 13.8. The zero-order valence-corrected chi connectivity index (χ0v) is 25.0. The summed E-state index contributed by atoms with van der Waals surface area (Å²) in [5.41, 5.74) is 14.7. The lowest BCUT2D eigenvalue weighted by atomic mass is 9.91. The van der Waals surface area contributed by atoms with Crippen LogP contribution in [0.15, 0.2) is 61.7 Å². The molecule has 2 aromatic carbocycles. The highest BCUT2D eigenvalue weighted by atomic mass is 35.5. The monoisotopic (exact) mass is 538 g/mol. The second-order valence-corrected chi connectivity index (χ2v) is 9.79. The zero-order valence-electron chi connectivity index (χ0n) is 24.2. The average Bonchev–Trinajstić information content (AvgIpc) is 2.90. The van der Waals surface area contributed by atoms with Gasteiger partial charge >= 0.3 is 0 Å². The van der Waals surface area contributed by atoms with Crippen molar-refractivity contribution in [2.75, 3.05) is 32.4 Å². The Morgan fingerprint density at radius 2 is 1.82 bits per heavy atom. The Balaban J connectivity index is 0.00000110. The molecule has 1 amide bonds. The number of rotatable bonds is 9. The lowest BCUT2D eigenvalue weighted by Gasteiger charge is -2.42. The summed E-state index contributed by atoms with van der Waals surface area (Å²) < 4.78 is 0. The van der Waals surface area contributed by atoms with E-state index in [1.165, 1.54) is 16.7 Å². The summed E-state index contributed by atoms with van der Waals surface area (Å²) in [7, 11) is 1.56. The second-order valence-electron chi connectivity index (χ2n) is 9.35. The topological polar surface area (TPSA) is 61.6 Å². The van der Waals surface area contributed by atoms with E-state index < -0.39 is 0 Å². The van der Waals surface area contributed by atoms with E-state index in [0.717, 1.165) is 72.1 Å². The SMILES string of the molecule is C=C(C)C(=C)c1cc(C(=C)N2CCN(Cc3cccc(Cl)c3)C(C)C2)c(CCC)cc1N.CC.CNC=O. The van der Waals surface area contributed by atoms with Gasteiger partial charge in [-0.15, -0.1) is 0 Å². The Bertz CT molecular complexity index is 1090. The predicted octanol–water partition coefficient (Wildman–Crippen LogP) is 7.03. The Morgan fingerprint density at radius 1 is 1.16 bits per heavy atom. The number of anilines is 1. The van der Waals surface area contributed by atoms with E-state index in [1.807, 2.05) is 32.9 Å². The van der Waals surface area contributed by atoms with Crippen molar-refractivity contribution in [3.05, 3.63) is 89.0 Å². The van der Waals surface area contributed by atoms with Gasteiger partial charge in [0.2, 0.25) is 6.41 Å². The highest BCUT2D eigenvalue weighted by Gasteiger charge is 2.26. The first-order chi connectivity index (χ1) is 18.1. The summed E-state index contributed by atoms with van der Waals surface area (Å²) in [5, 5.41) is 3.04. The molecule has 1 fully saturated rings. The van der Waals surface area contributed by atoms with Crippen LogP contribution in [0.3, 0.4) is 0 Å². The minimum atomic E-state index is 0.410. The van der Waals surface area contributed by atoms with Crippen molar-refractivity contribution in [2.24, 2.45) is 0 Å². The molecule has 1 unspecified atom stereocenters. The van der Waals surface area contributed by atoms with E-state index >= 15 is 0 Å². The fourth-order valence-electron chi connectivity index (χ4n) is 4.42. The van der Waals surface area contributed by atoms with Crippen LogP contribution in [-0.2, 0) is 17.8 Å². The van der Waals surface area contributed by atoms with Gasteiger partial charge in [0.05, 0.1) is 0 Å². The number of hydrogen-bond donors (Lipinski definition) is 2. The summed E-state index contributed by atoms with van der Waals surface area (Å²) in [6, 6.07) is 12.8. The molecule has 208 valence electrons. The largest absolute Gasteiger partial charge is 0.398 e. The molecule has 3 N–H and O–H groups in total. The number of carbonyl (C=O) groups is 1. The molecule has 1 aliphatic heterocycles. The number of benzene rings is 2. The van der Waals surface area contributed by atoms with E-state index in [4.69, 9.17) is 22.1 Å². The van der Waals surface area contributed by atoms with Crippen LogP contribution in [0.4, 0.5) is 5.69 Å². The smallest absolute Gasteiger partial charge is 0.206 e. The Labute approximate surface area is 236 Å². The van der Waals surface area contributed by atoms with E-state index in [0.29, 0.717) is 12.5 Å². The summed E-state index contributed by atoms with van der Waals surface area (Å²) in [4.78, 5) is 14.0. The molecular formula is C32H47ClN4O. The maximum atomic E-state index is 9.06. The zero-order chi connectivity index (χ0) is 28.8. The van der Waals surface area contributed by atoms with Gasteiger partial charge in [-0.05, 0) is 61.2 Å². The highest BCUT2D eigenvalue weighted by molar-refractivity contribution is 6.30. The lowest BCUT2D eigenvalue weighted by molar-refractivity contribution is -0.109. The van der Waals surface area contributed by atoms with Crippen LogP contribution in [0.5, 0.6) is 0 Å². The van der Waals surface area contributed by atoms with Crippen molar-refractivity contribution in [2.45, 2.75) is 60.0 Å². The molecule has 0 radical (unpaired) electrons. The van der Waals surface area contributed by atoms with Gasteiger partial charge in [-0.2, -0.15) is 0 Å². The van der Waals surface area contributed by atoms with Crippen molar-refractivity contribution in [1.82, 2.24) is 15.1 Å². The van der Waals surface area contributed by atoms with Crippen molar-refractivity contribution in [3.63, 3.8) is 0 Å². The van der Waals surface area contributed by atoms with Crippen LogP contribution < -0.4 is 11.1 Å². The van der Waals surface area contributed by atoms with Crippen LogP contribution in [0.2, 0.25) is 5.02 Å². The molecule has 3 rings (SSSR count). The van der Waals surface area contributed by atoms with Gasteiger partial charge in [-0.25, -0.2) is 0 Å². The molecule has 5 nitrogen and oxygen atoms in total. The number of amides is 1. The first-order valence-electron chi connectivity index (χ1n) is 13.4. The maximum absolute atomic E-state index is 9.06. The Morgan fingerprint density at radius 3 is 2.34 bits per heavy atom. The third kappa shape index (κ3) is 9.38. The summed E-state index contributed by atoms with van der Waals surface area (Å²) >= 11 is 6.18. The van der Waals surface area contributed by atoms with Gasteiger partial charge in [-0.3, -0.25) is 9.69 Å². The third-order valence-corrected chi connectivity index (χ3v) is 6.72. The molecular weight excluding hydrogens is 492 g/mol. The van der Waals surface area contributed by atoms with E-state index in [1.54, 1.807) is 7.05 Å². The molecule has 1 aliphatic rings. The average molecular weight is 539 g/mol. The van der Waals surface area contributed by atoms with Gasteiger partial charge in [0.1, 0.15) is 0 Å². The number of nitrogens with zero attached hydrogens (tertiary/aromatic N) is 2. The molecule has 0 saturated carbocycles. The summed E-state index contributed by atoms with van der Waals surface area (Å²) in [5.74, 6) is 0. The van der Waals surface area contributed by atoms with Crippen molar-refractivity contribution in [3.8, 4) is 0 Å². The Kier molecular flexibility index (Phi) is 14.5. The van der Waals surface area contributed by atoms with Gasteiger partial charge in [0.25, 0.3) is 0 Å². The number of allylic oxidation sites excluding steroid dienone is 2. The molecule has 0 spiro atoms. The number of nitrogen functional groups attached to an aromatic ring is 1. The fraction of sp³-hybridized carbons (Fsp3) is 0.406. The van der Waals surface area contributed by atoms with Crippen LogP contribution in [0.25, 0.3) is 11.3 Å². The minimum Gasteiger partial charge on any atom is -0.398 e.